The molecule has 41 heavy (non-hydrogen) atoms. The molecule has 0 saturated heterocycles. The molecule has 0 amide bonds. The van der Waals surface area contributed by atoms with Crippen molar-refractivity contribution in [2.45, 2.75) is 19.6 Å². The van der Waals surface area contributed by atoms with Gasteiger partial charge < -0.3 is 18.8 Å². The first-order valence-corrected chi connectivity index (χ1v) is 13.5. The molecule has 3 aromatic carbocycles. The van der Waals surface area contributed by atoms with Crippen molar-refractivity contribution in [3.63, 3.8) is 0 Å². The molecule has 7 nitrogen and oxygen atoms in total. The van der Waals surface area contributed by atoms with Gasteiger partial charge in [0.05, 0.1) is 36.0 Å². The van der Waals surface area contributed by atoms with Crippen molar-refractivity contribution >= 4 is 32.9 Å². The lowest BCUT2D eigenvalue weighted by Gasteiger charge is -2.11. The molecule has 0 saturated carbocycles. The van der Waals surface area contributed by atoms with E-state index in [1.807, 2.05) is 4.57 Å². The summed E-state index contributed by atoms with van der Waals surface area (Å²) in [4.78, 5) is 21.2. The number of carbonyl (C=O) groups is 1. The lowest BCUT2D eigenvalue weighted by Crippen LogP contribution is -2.10. The van der Waals surface area contributed by atoms with E-state index in [2.05, 4.69) is 20.9 Å². The Morgan fingerprint density at radius 2 is 1.73 bits per heavy atom. The number of methoxy groups -OCH3 is 2. The minimum Gasteiger partial charge on any atom is -0.473 e. The second-order valence-electron chi connectivity index (χ2n) is 9.24. The van der Waals surface area contributed by atoms with Crippen LogP contribution in [0.1, 0.15) is 27.3 Å². The molecule has 2 heterocycles. The van der Waals surface area contributed by atoms with Crippen molar-refractivity contribution in [3.05, 3.63) is 111 Å². The molecule has 10 heteroatoms. The van der Waals surface area contributed by atoms with Gasteiger partial charge in [-0.1, -0.05) is 40.2 Å². The molecular weight excluding hydrogens is 596 g/mol. The molecular formula is C31H26BrF2N3O4. The SMILES string of the molecule is COCCn1c(Cc2ccc(-c3cccc(OCc4ccc(Br)cc4F)n3)cc2F)nc2ccc(C(=O)OC)cc21. The summed E-state index contributed by atoms with van der Waals surface area (Å²) in [6.45, 7) is 0.905. The summed E-state index contributed by atoms with van der Waals surface area (Å²) >= 11 is 3.24. The Morgan fingerprint density at radius 1 is 0.927 bits per heavy atom. The second kappa shape index (κ2) is 12.6. The van der Waals surface area contributed by atoms with Crippen LogP contribution >= 0.6 is 15.9 Å². The Bertz CT molecular complexity index is 1720. The first kappa shape index (κ1) is 28.4. The van der Waals surface area contributed by atoms with E-state index in [4.69, 9.17) is 19.2 Å². The molecule has 5 rings (SSSR count). The van der Waals surface area contributed by atoms with Crippen LogP contribution in [-0.4, -0.2) is 41.3 Å². The lowest BCUT2D eigenvalue weighted by atomic mass is 10.1. The molecule has 2 aromatic heterocycles. The number of nitrogens with zero attached hydrogens (tertiary/aromatic N) is 3. The number of benzene rings is 3. The largest absolute Gasteiger partial charge is 0.473 e. The molecule has 0 unspecified atom stereocenters. The van der Waals surface area contributed by atoms with Gasteiger partial charge in [0, 0.05) is 41.7 Å². The van der Waals surface area contributed by atoms with E-state index in [1.165, 1.54) is 19.2 Å². The summed E-state index contributed by atoms with van der Waals surface area (Å²) in [6, 6.07) is 20.0. The molecule has 0 radical (unpaired) electrons. The molecule has 210 valence electrons. The number of imidazole rings is 1. The topological polar surface area (TPSA) is 75.5 Å². The highest BCUT2D eigenvalue weighted by Gasteiger charge is 2.17. The van der Waals surface area contributed by atoms with Crippen molar-refractivity contribution in [2.75, 3.05) is 20.8 Å². The van der Waals surface area contributed by atoms with Crippen molar-refractivity contribution in [1.82, 2.24) is 14.5 Å². The number of pyridine rings is 1. The van der Waals surface area contributed by atoms with Crippen LogP contribution in [0, 0.1) is 11.6 Å². The van der Waals surface area contributed by atoms with Crippen molar-refractivity contribution in [1.29, 1.82) is 0 Å². The van der Waals surface area contributed by atoms with E-state index >= 15 is 4.39 Å². The van der Waals surface area contributed by atoms with Crippen LogP contribution in [0.15, 0.2) is 77.3 Å². The van der Waals surface area contributed by atoms with E-state index in [9.17, 15) is 9.18 Å². The van der Waals surface area contributed by atoms with Gasteiger partial charge in [0.15, 0.2) is 0 Å². The number of halogens is 3. The average molecular weight is 622 g/mol. The summed E-state index contributed by atoms with van der Waals surface area (Å²) in [5, 5.41) is 0. The molecule has 0 fully saturated rings. The number of fused-ring (bicyclic) bond motifs is 1. The van der Waals surface area contributed by atoms with E-state index in [-0.39, 0.29) is 18.8 Å². The third-order valence-corrected chi connectivity index (χ3v) is 7.07. The number of hydrogen-bond donors (Lipinski definition) is 0. The number of ether oxygens (including phenoxy) is 3. The van der Waals surface area contributed by atoms with Crippen LogP contribution in [0.5, 0.6) is 5.88 Å². The first-order chi connectivity index (χ1) is 19.9. The molecule has 0 aliphatic carbocycles. The fraction of sp³-hybridized carbons (Fsp3) is 0.194. The quantitative estimate of drug-likeness (QED) is 0.161. The summed E-state index contributed by atoms with van der Waals surface area (Å²) in [7, 11) is 2.93. The molecule has 0 N–H and O–H groups in total. The molecule has 0 atom stereocenters. The number of carbonyl (C=O) groups excluding carboxylic acids is 1. The van der Waals surface area contributed by atoms with E-state index in [0.717, 1.165) is 5.52 Å². The Hall–Kier alpha value is -4.15. The standard InChI is InChI=1S/C31H26BrF2N3O4/c1-39-13-12-37-28-15-21(31(38)40-2)9-11-27(28)35-29(37)16-19-6-7-20(14-24(19)33)26-4-3-5-30(36-26)41-18-22-8-10-23(32)17-25(22)34/h3-11,14-15,17H,12-13,16,18H2,1-2H3. The van der Waals surface area contributed by atoms with Crippen molar-refractivity contribution < 1.29 is 27.8 Å². The molecule has 5 aromatic rings. The van der Waals surface area contributed by atoms with Gasteiger partial charge in [0.1, 0.15) is 24.1 Å². The van der Waals surface area contributed by atoms with Gasteiger partial charge >= 0.3 is 5.97 Å². The van der Waals surface area contributed by atoms with Crippen LogP contribution in [0.2, 0.25) is 0 Å². The zero-order valence-corrected chi connectivity index (χ0v) is 24.0. The van der Waals surface area contributed by atoms with Crippen LogP contribution in [0.25, 0.3) is 22.3 Å². The van der Waals surface area contributed by atoms with Crippen molar-refractivity contribution in [3.8, 4) is 17.1 Å². The van der Waals surface area contributed by atoms with Crippen LogP contribution in [0.4, 0.5) is 8.78 Å². The van der Waals surface area contributed by atoms with E-state index in [0.29, 0.717) is 62.8 Å². The minimum absolute atomic E-state index is 0.00800. The van der Waals surface area contributed by atoms with Gasteiger partial charge in [-0.2, -0.15) is 0 Å². The summed E-state index contributed by atoms with van der Waals surface area (Å²) in [5.41, 5.74) is 3.77. The Balaban J connectivity index is 1.37. The highest BCUT2D eigenvalue weighted by molar-refractivity contribution is 9.10. The monoisotopic (exact) mass is 621 g/mol. The van der Waals surface area contributed by atoms with Gasteiger partial charge in [-0.25, -0.2) is 23.5 Å². The highest BCUT2D eigenvalue weighted by atomic mass is 79.9. The number of hydrogen-bond acceptors (Lipinski definition) is 6. The van der Waals surface area contributed by atoms with Gasteiger partial charge in [-0.05, 0) is 48.0 Å². The lowest BCUT2D eigenvalue weighted by molar-refractivity contribution is 0.0601. The van der Waals surface area contributed by atoms with Crippen molar-refractivity contribution in [2.24, 2.45) is 0 Å². The Morgan fingerprint density at radius 3 is 2.49 bits per heavy atom. The molecule has 0 bridgehead atoms. The fourth-order valence-electron chi connectivity index (χ4n) is 4.45. The predicted molar refractivity (Wildman–Crippen MR) is 154 cm³/mol. The summed E-state index contributed by atoms with van der Waals surface area (Å²) in [5.74, 6) is -0.300. The maximum Gasteiger partial charge on any atom is 0.337 e. The maximum atomic E-state index is 15.4. The Kier molecular flexibility index (Phi) is 8.70. The molecule has 0 aliphatic heterocycles. The predicted octanol–water partition coefficient (Wildman–Crippen LogP) is 6.74. The number of aromatic nitrogens is 3. The Labute approximate surface area is 243 Å². The van der Waals surface area contributed by atoms with Gasteiger partial charge in [0.2, 0.25) is 5.88 Å². The average Bonchev–Trinajstić information content (AvgIpc) is 3.32. The zero-order valence-electron chi connectivity index (χ0n) is 22.4. The third kappa shape index (κ3) is 6.44. The number of rotatable bonds is 10. The summed E-state index contributed by atoms with van der Waals surface area (Å²) in [6.07, 6.45) is 0.230. The molecule has 0 aliphatic rings. The van der Waals surface area contributed by atoms with Crippen LogP contribution < -0.4 is 4.74 Å². The second-order valence-corrected chi connectivity index (χ2v) is 10.2. The normalized spacial score (nSPS) is 11.1. The van der Waals surface area contributed by atoms with Crippen LogP contribution in [0.3, 0.4) is 0 Å². The first-order valence-electron chi connectivity index (χ1n) is 12.7. The zero-order chi connectivity index (χ0) is 28.9. The third-order valence-electron chi connectivity index (χ3n) is 6.58. The maximum absolute atomic E-state index is 15.4. The fourth-order valence-corrected chi connectivity index (χ4v) is 4.78. The van der Waals surface area contributed by atoms with E-state index in [1.54, 1.807) is 67.8 Å². The minimum atomic E-state index is -0.446. The number of esters is 1. The summed E-state index contributed by atoms with van der Waals surface area (Å²) < 4.78 is 47.9. The van der Waals surface area contributed by atoms with E-state index < -0.39 is 11.8 Å². The highest BCUT2D eigenvalue weighted by Crippen LogP contribution is 2.26. The molecule has 0 spiro atoms. The van der Waals surface area contributed by atoms with Gasteiger partial charge in [-0.15, -0.1) is 0 Å². The van der Waals surface area contributed by atoms with Gasteiger partial charge in [0.25, 0.3) is 0 Å². The van der Waals surface area contributed by atoms with Crippen LogP contribution in [-0.2, 0) is 29.0 Å². The smallest absolute Gasteiger partial charge is 0.337 e. The van der Waals surface area contributed by atoms with Gasteiger partial charge in [-0.3, -0.25) is 0 Å².